The number of esters is 1. The molecule has 0 radical (unpaired) electrons. The molecule has 0 bridgehead atoms. The summed E-state index contributed by atoms with van der Waals surface area (Å²) in [7, 11) is 0. The van der Waals surface area contributed by atoms with Crippen LogP contribution >= 0.6 is 34.4 Å². The highest BCUT2D eigenvalue weighted by Crippen LogP contribution is 2.29. The minimum Gasteiger partial charge on any atom is -0.482 e. The smallest absolute Gasteiger partial charge is 0.344 e. The first-order valence-corrected chi connectivity index (χ1v) is 12.2. The maximum atomic E-state index is 11.4. The minimum atomic E-state index is -0.350. The van der Waals surface area contributed by atoms with Crippen molar-refractivity contribution in [3.05, 3.63) is 90.0 Å². The van der Waals surface area contributed by atoms with Crippen LogP contribution in [0.25, 0.3) is 14.7 Å². The lowest BCUT2D eigenvalue weighted by Gasteiger charge is -2.10. The second-order valence-electron chi connectivity index (χ2n) is 6.83. The Morgan fingerprint density at radius 1 is 1.00 bits per heavy atom. The van der Waals surface area contributed by atoms with Crippen molar-refractivity contribution in [2.24, 2.45) is 0 Å². The number of halogens is 1. The van der Waals surface area contributed by atoms with Gasteiger partial charge < -0.3 is 9.47 Å². The fourth-order valence-corrected chi connectivity index (χ4v) is 4.74. The van der Waals surface area contributed by atoms with Gasteiger partial charge >= 0.3 is 5.97 Å². The van der Waals surface area contributed by atoms with Crippen LogP contribution in [0.1, 0.15) is 18.1 Å². The number of thioether (sulfide) groups is 1. The van der Waals surface area contributed by atoms with Crippen LogP contribution in [-0.2, 0) is 9.53 Å². The second-order valence-corrected chi connectivity index (χ2v) is 9.08. The van der Waals surface area contributed by atoms with Gasteiger partial charge in [0.2, 0.25) is 0 Å². The summed E-state index contributed by atoms with van der Waals surface area (Å²) in [5.41, 5.74) is 4.68. The first-order valence-electron chi connectivity index (χ1n) is 10.1. The second kappa shape index (κ2) is 12.0. The van der Waals surface area contributed by atoms with Crippen LogP contribution in [0.3, 0.4) is 0 Å². The number of carbonyl (C=O) groups is 1. The highest BCUT2D eigenvalue weighted by Gasteiger charge is 2.06. The predicted molar refractivity (Wildman–Crippen MR) is 138 cm³/mol. The number of carbonyl (C=O) groups excluding carboxylic acids is 1. The standard InChI is InChI=1S/C26H25IO3S/c1-3-29-26(28)18-30-25-14-13-23(17-19(25)2)31-16-15-24(27)22-11-9-21(10-12-22)20-7-5-4-6-8-20/h4-15,17H,3,16,18H2,1-2H3/b24-15-. The Morgan fingerprint density at radius 2 is 1.71 bits per heavy atom. The summed E-state index contributed by atoms with van der Waals surface area (Å²) in [6, 6.07) is 25.1. The first kappa shape index (κ1) is 23.4. The van der Waals surface area contributed by atoms with Gasteiger partial charge in [0, 0.05) is 14.2 Å². The zero-order valence-corrected chi connectivity index (χ0v) is 20.6. The molecule has 0 aliphatic carbocycles. The molecule has 3 aromatic carbocycles. The molecule has 3 rings (SSSR count). The van der Waals surface area contributed by atoms with E-state index in [9.17, 15) is 4.79 Å². The zero-order chi connectivity index (χ0) is 22.1. The molecule has 0 saturated heterocycles. The summed E-state index contributed by atoms with van der Waals surface area (Å²) in [4.78, 5) is 12.6. The van der Waals surface area contributed by atoms with Crippen LogP contribution in [0, 0.1) is 6.92 Å². The van der Waals surface area contributed by atoms with Gasteiger partial charge in [0.15, 0.2) is 6.61 Å². The van der Waals surface area contributed by atoms with Crippen LogP contribution in [0.5, 0.6) is 5.75 Å². The fourth-order valence-electron chi connectivity index (χ4n) is 2.99. The Kier molecular flexibility index (Phi) is 9.03. The molecule has 0 fully saturated rings. The summed E-state index contributed by atoms with van der Waals surface area (Å²) in [6.07, 6.45) is 2.24. The Morgan fingerprint density at radius 3 is 2.39 bits per heavy atom. The molecule has 0 aliphatic heterocycles. The SMILES string of the molecule is CCOC(=O)COc1ccc(SC/C=C(\I)c2ccc(-c3ccccc3)cc2)cc1C. The van der Waals surface area contributed by atoms with Crippen LogP contribution in [0.4, 0.5) is 0 Å². The van der Waals surface area contributed by atoms with Crippen molar-refractivity contribution in [2.45, 2.75) is 18.7 Å². The van der Waals surface area contributed by atoms with Gasteiger partial charge in [-0.3, -0.25) is 0 Å². The Balaban J connectivity index is 1.55. The van der Waals surface area contributed by atoms with Crippen molar-refractivity contribution in [1.82, 2.24) is 0 Å². The molecule has 0 unspecified atom stereocenters. The Hall–Kier alpha value is -2.25. The molecule has 3 nitrogen and oxygen atoms in total. The van der Waals surface area contributed by atoms with E-state index in [4.69, 9.17) is 9.47 Å². The van der Waals surface area contributed by atoms with E-state index in [1.165, 1.54) is 25.2 Å². The predicted octanol–water partition coefficient (Wildman–Crippen LogP) is 7.17. The lowest BCUT2D eigenvalue weighted by atomic mass is 10.0. The number of aryl methyl sites for hydroxylation is 1. The highest BCUT2D eigenvalue weighted by molar-refractivity contribution is 14.1. The summed E-state index contributed by atoms with van der Waals surface area (Å²) in [5.74, 6) is 1.24. The molecular formula is C26H25IO3S. The topological polar surface area (TPSA) is 35.5 Å². The number of ether oxygens (including phenoxy) is 2. The average molecular weight is 544 g/mol. The maximum absolute atomic E-state index is 11.4. The molecule has 160 valence electrons. The third kappa shape index (κ3) is 7.14. The molecule has 0 saturated carbocycles. The lowest BCUT2D eigenvalue weighted by molar-refractivity contribution is -0.145. The number of hydrogen-bond acceptors (Lipinski definition) is 4. The molecule has 0 N–H and O–H groups in total. The highest BCUT2D eigenvalue weighted by atomic mass is 127. The molecule has 3 aromatic rings. The average Bonchev–Trinajstić information content (AvgIpc) is 2.79. The Bertz CT molecular complexity index is 1030. The van der Waals surface area contributed by atoms with Crippen molar-refractivity contribution in [2.75, 3.05) is 19.0 Å². The van der Waals surface area contributed by atoms with Gasteiger partial charge in [-0.25, -0.2) is 4.79 Å². The number of benzene rings is 3. The quantitative estimate of drug-likeness (QED) is 0.163. The van der Waals surface area contributed by atoms with E-state index in [0.29, 0.717) is 12.4 Å². The van der Waals surface area contributed by atoms with Crippen LogP contribution < -0.4 is 4.74 Å². The molecule has 0 atom stereocenters. The van der Waals surface area contributed by atoms with Gasteiger partial charge in [0.1, 0.15) is 5.75 Å². The van der Waals surface area contributed by atoms with Crippen molar-refractivity contribution in [1.29, 1.82) is 0 Å². The largest absolute Gasteiger partial charge is 0.482 e. The summed E-state index contributed by atoms with van der Waals surface area (Å²) >= 11 is 4.17. The summed E-state index contributed by atoms with van der Waals surface area (Å²) < 4.78 is 11.7. The van der Waals surface area contributed by atoms with E-state index in [1.54, 1.807) is 18.7 Å². The van der Waals surface area contributed by atoms with E-state index in [0.717, 1.165) is 11.3 Å². The van der Waals surface area contributed by atoms with Gasteiger partial charge in [0.05, 0.1) is 6.61 Å². The maximum Gasteiger partial charge on any atom is 0.344 e. The van der Waals surface area contributed by atoms with Crippen molar-refractivity contribution >= 4 is 43.9 Å². The van der Waals surface area contributed by atoms with Crippen molar-refractivity contribution < 1.29 is 14.3 Å². The molecule has 0 aromatic heterocycles. The molecule has 0 heterocycles. The summed E-state index contributed by atoms with van der Waals surface area (Å²) in [6.45, 7) is 4.06. The molecule has 5 heteroatoms. The molecule has 0 spiro atoms. The first-order chi connectivity index (χ1) is 15.1. The molecular weight excluding hydrogens is 519 g/mol. The number of rotatable bonds is 9. The van der Waals surface area contributed by atoms with Crippen LogP contribution in [-0.4, -0.2) is 24.9 Å². The van der Waals surface area contributed by atoms with E-state index >= 15 is 0 Å². The normalized spacial score (nSPS) is 11.3. The van der Waals surface area contributed by atoms with E-state index in [2.05, 4.69) is 83.3 Å². The Labute approximate surface area is 202 Å². The van der Waals surface area contributed by atoms with Crippen LogP contribution in [0.2, 0.25) is 0 Å². The van der Waals surface area contributed by atoms with Crippen LogP contribution in [0.15, 0.2) is 83.8 Å². The van der Waals surface area contributed by atoms with E-state index in [-0.39, 0.29) is 12.6 Å². The van der Waals surface area contributed by atoms with Gasteiger partial charge in [-0.2, -0.15) is 0 Å². The minimum absolute atomic E-state index is 0.0643. The van der Waals surface area contributed by atoms with E-state index in [1.807, 2.05) is 25.1 Å². The monoisotopic (exact) mass is 544 g/mol. The van der Waals surface area contributed by atoms with Gasteiger partial charge in [-0.1, -0.05) is 60.7 Å². The molecule has 31 heavy (non-hydrogen) atoms. The fraction of sp³-hybridized carbons (Fsp3) is 0.192. The number of hydrogen-bond donors (Lipinski definition) is 0. The third-order valence-corrected chi connectivity index (χ3v) is 6.56. The van der Waals surface area contributed by atoms with Crippen molar-refractivity contribution in [3.63, 3.8) is 0 Å². The third-order valence-electron chi connectivity index (χ3n) is 4.58. The van der Waals surface area contributed by atoms with E-state index < -0.39 is 0 Å². The lowest BCUT2D eigenvalue weighted by Crippen LogP contribution is -2.14. The zero-order valence-electron chi connectivity index (χ0n) is 17.6. The molecule has 0 aliphatic rings. The summed E-state index contributed by atoms with van der Waals surface area (Å²) in [5, 5.41) is 0. The van der Waals surface area contributed by atoms with Gasteiger partial charge in [-0.05, 0) is 76.9 Å². The van der Waals surface area contributed by atoms with Crippen molar-refractivity contribution in [3.8, 4) is 16.9 Å². The van der Waals surface area contributed by atoms with Gasteiger partial charge in [0.25, 0.3) is 0 Å². The van der Waals surface area contributed by atoms with Gasteiger partial charge in [-0.15, -0.1) is 11.8 Å². The molecule has 0 amide bonds.